The molecule has 0 saturated carbocycles. The van der Waals surface area contributed by atoms with Gasteiger partial charge in [0, 0.05) is 43.1 Å². The Kier molecular flexibility index (Phi) is 7.63. The Bertz CT molecular complexity index is 1730. The molecule has 3 aromatic heterocycles. The maximum absolute atomic E-state index is 13.1. The van der Waals surface area contributed by atoms with Gasteiger partial charge in [-0.15, -0.1) is 0 Å². The third kappa shape index (κ3) is 6.41. The molecule has 0 atom stereocenters. The van der Waals surface area contributed by atoms with Gasteiger partial charge < -0.3 is 24.8 Å². The van der Waals surface area contributed by atoms with Gasteiger partial charge in [-0.3, -0.25) is 4.79 Å². The van der Waals surface area contributed by atoms with E-state index in [1.165, 1.54) is 19.1 Å². The van der Waals surface area contributed by atoms with Crippen molar-refractivity contribution in [3.63, 3.8) is 0 Å². The number of carbonyl (C=O) groups is 1. The highest BCUT2D eigenvalue weighted by molar-refractivity contribution is 5.90. The molecule has 220 valence electrons. The lowest BCUT2D eigenvalue weighted by atomic mass is 10.1. The number of nitrogens with one attached hydrogen (secondary N) is 2. The predicted molar refractivity (Wildman–Crippen MR) is 156 cm³/mol. The molecule has 1 aliphatic rings. The highest BCUT2D eigenvalue weighted by atomic mass is 19.4. The normalized spacial score (nSPS) is 13.7. The molecule has 0 radical (unpaired) electrons. The number of anilines is 4. The quantitative estimate of drug-likeness (QED) is 0.257. The van der Waals surface area contributed by atoms with Crippen molar-refractivity contribution in [3.8, 4) is 11.4 Å². The summed E-state index contributed by atoms with van der Waals surface area (Å²) < 4.78 is 46.4. The minimum absolute atomic E-state index is 0.172. The van der Waals surface area contributed by atoms with E-state index in [0.29, 0.717) is 58.5 Å². The summed E-state index contributed by atoms with van der Waals surface area (Å²) >= 11 is 0. The number of carbonyl (C=O) groups excluding carboxylic acids is 1. The van der Waals surface area contributed by atoms with Crippen molar-refractivity contribution in [3.05, 3.63) is 84.3 Å². The third-order valence-electron chi connectivity index (χ3n) is 6.91. The number of hydrogen-bond donors (Lipinski definition) is 2. The van der Waals surface area contributed by atoms with Crippen LogP contribution in [0.15, 0.2) is 73.2 Å². The summed E-state index contributed by atoms with van der Waals surface area (Å²) in [6.45, 7) is 4.50. The van der Waals surface area contributed by atoms with Crippen molar-refractivity contribution in [2.75, 3.05) is 41.8 Å². The van der Waals surface area contributed by atoms with Gasteiger partial charge in [0.1, 0.15) is 5.82 Å². The van der Waals surface area contributed by atoms with Gasteiger partial charge in [-0.1, -0.05) is 12.1 Å². The van der Waals surface area contributed by atoms with Crippen LogP contribution < -0.4 is 15.5 Å². The fourth-order valence-electron chi connectivity index (χ4n) is 4.75. The smallest absolute Gasteiger partial charge is 0.378 e. The fraction of sp³-hybridized carbons (Fsp3) is 0.233. The summed E-state index contributed by atoms with van der Waals surface area (Å²) in [6.07, 6.45) is -1.10. The summed E-state index contributed by atoms with van der Waals surface area (Å²) in [4.78, 5) is 32.3. The van der Waals surface area contributed by atoms with Crippen LogP contribution in [0.4, 0.5) is 36.2 Å². The van der Waals surface area contributed by atoms with Gasteiger partial charge in [0.05, 0.1) is 31.6 Å². The first kappa shape index (κ1) is 28.1. The van der Waals surface area contributed by atoms with Crippen LogP contribution in [0.3, 0.4) is 0 Å². The molecule has 1 aliphatic heterocycles. The van der Waals surface area contributed by atoms with Gasteiger partial charge in [-0.2, -0.15) is 13.2 Å². The molecule has 1 fully saturated rings. The van der Waals surface area contributed by atoms with Crippen LogP contribution in [0.2, 0.25) is 0 Å². The minimum atomic E-state index is -4.41. The molecule has 2 N–H and O–H groups in total. The van der Waals surface area contributed by atoms with Gasteiger partial charge >= 0.3 is 6.18 Å². The molecule has 1 amide bonds. The number of rotatable bonds is 7. The first-order valence-electron chi connectivity index (χ1n) is 13.6. The van der Waals surface area contributed by atoms with Crippen molar-refractivity contribution in [2.24, 2.45) is 0 Å². The molecule has 1 saturated heterocycles. The van der Waals surface area contributed by atoms with Crippen molar-refractivity contribution in [1.29, 1.82) is 0 Å². The molecule has 0 bridgehead atoms. The van der Waals surface area contributed by atoms with Gasteiger partial charge in [0.15, 0.2) is 22.8 Å². The molecule has 4 heterocycles. The summed E-state index contributed by atoms with van der Waals surface area (Å²) in [5.41, 5.74) is 2.98. The van der Waals surface area contributed by atoms with E-state index in [0.717, 1.165) is 31.0 Å². The van der Waals surface area contributed by atoms with Crippen molar-refractivity contribution in [2.45, 2.75) is 19.6 Å². The first-order chi connectivity index (χ1) is 20.7. The van der Waals surface area contributed by atoms with E-state index in [2.05, 4.69) is 25.5 Å². The van der Waals surface area contributed by atoms with E-state index in [9.17, 15) is 18.0 Å². The standard InChI is InChI=1S/C30H27F3N8O2/c1-19(42)36-23-7-9-24(10-8-23)37-28-26-29(41(18-35-26)17-20-2-5-22(6-3-20)30(31,32)33)39-27(38-28)21-4-11-25(34-16-21)40-12-14-43-15-13-40/h2-11,16,18H,12-15,17H2,1H3,(H,36,42)(H,37,38,39). The van der Waals surface area contributed by atoms with Crippen LogP contribution in [0.5, 0.6) is 0 Å². The number of fused-ring (bicyclic) bond motifs is 1. The number of ether oxygens (including phenoxy) is 1. The number of morpholine rings is 1. The lowest BCUT2D eigenvalue weighted by molar-refractivity contribution is -0.137. The highest BCUT2D eigenvalue weighted by Crippen LogP contribution is 2.31. The lowest BCUT2D eigenvalue weighted by Gasteiger charge is -2.27. The maximum Gasteiger partial charge on any atom is 0.416 e. The molecule has 0 spiro atoms. The van der Waals surface area contributed by atoms with Crippen LogP contribution in [0, 0.1) is 0 Å². The highest BCUT2D eigenvalue weighted by Gasteiger charge is 2.30. The number of alkyl halides is 3. The molecule has 10 nitrogen and oxygen atoms in total. The van der Waals surface area contributed by atoms with Crippen LogP contribution in [0.25, 0.3) is 22.6 Å². The predicted octanol–water partition coefficient (Wildman–Crippen LogP) is 5.49. The summed E-state index contributed by atoms with van der Waals surface area (Å²) in [5, 5.41) is 6.03. The fourth-order valence-corrected chi connectivity index (χ4v) is 4.75. The second kappa shape index (κ2) is 11.7. The topological polar surface area (TPSA) is 110 Å². The zero-order chi connectivity index (χ0) is 30.0. The van der Waals surface area contributed by atoms with E-state index in [4.69, 9.17) is 14.7 Å². The van der Waals surface area contributed by atoms with Crippen molar-refractivity contribution < 1.29 is 22.7 Å². The Morgan fingerprint density at radius 1 is 0.930 bits per heavy atom. The molecule has 2 aromatic carbocycles. The monoisotopic (exact) mass is 588 g/mol. The third-order valence-corrected chi connectivity index (χ3v) is 6.91. The Morgan fingerprint density at radius 2 is 1.65 bits per heavy atom. The largest absolute Gasteiger partial charge is 0.416 e. The first-order valence-corrected chi connectivity index (χ1v) is 13.6. The molecule has 13 heteroatoms. The zero-order valence-electron chi connectivity index (χ0n) is 23.1. The van der Waals surface area contributed by atoms with E-state index >= 15 is 0 Å². The molecular weight excluding hydrogens is 561 g/mol. The van der Waals surface area contributed by atoms with Gasteiger partial charge in [-0.25, -0.2) is 19.9 Å². The molecule has 5 aromatic rings. The Balaban J connectivity index is 1.35. The lowest BCUT2D eigenvalue weighted by Crippen LogP contribution is -2.36. The van der Waals surface area contributed by atoms with E-state index in [1.54, 1.807) is 41.4 Å². The minimum Gasteiger partial charge on any atom is -0.378 e. The second-order valence-corrected chi connectivity index (χ2v) is 10.0. The van der Waals surface area contributed by atoms with Crippen LogP contribution in [-0.2, 0) is 22.3 Å². The number of aromatic nitrogens is 5. The SMILES string of the molecule is CC(=O)Nc1ccc(Nc2nc(-c3ccc(N4CCOCC4)nc3)nc3c2ncn3Cc2ccc(C(F)(F)F)cc2)cc1. The molecule has 6 rings (SSSR count). The number of amides is 1. The molecule has 0 unspecified atom stereocenters. The number of nitrogens with zero attached hydrogens (tertiary/aromatic N) is 6. The van der Waals surface area contributed by atoms with Gasteiger partial charge in [0.25, 0.3) is 0 Å². The number of pyridine rings is 1. The number of halogens is 3. The van der Waals surface area contributed by atoms with Crippen molar-refractivity contribution >= 4 is 40.1 Å². The van der Waals surface area contributed by atoms with E-state index in [1.807, 2.05) is 12.1 Å². The Morgan fingerprint density at radius 3 is 2.30 bits per heavy atom. The maximum atomic E-state index is 13.1. The van der Waals surface area contributed by atoms with Crippen molar-refractivity contribution in [1.82, 2.24) is 24.5 Å². The van der Waals surface area contributed by atoms with E-state index < -0.39 is 11.7 Å². The van der Waals surface area contributed by atoms with Gasteiger partial charge in [0.2, 0.25) is 5.91 Å². The van der Waals surface area contributed by atoms with Crippen LogP contribution in [0.1, 0.15) is 18.1 Å². The molecule has 43 heavy (non-hydrogen) atoms. The van der Waals surface area contributed by atoms with E-state index in [-0.39, 0.29) is 12.5 Å². The number of benzene rings is 2. The average molecular weight is 589 g/mol. The summed E-state index contributed by atoms with van der Waals surface area (Å²) in [7, 11) is 0. The summed E-state index contributed by atoms with van der Waals surface area (Å²) in [5.74, 6) is 1.50. The zero-order valence-corrected chi connectivity index (χ0v) is 23.1. The molecular formula is C30H27F3N8O2. The Labute approximate surface area is 244 Å². The van der Waals surface area contributed by atoms with Gasteiger partial charge in [-0.05, 0) is 54.1 Å². The Hall–Kier alpha value is -5.04. The number of hydrogen-bond acceptors (Lipinski definition) is 8. The average Bonchev–Trinajstić information content (AvgIpc) is 3.41. The number of imidazole rings is 1. The van der Waals surface area contributed by atoms with Crippen LogP contribution in [-0.4, -0.2) is 56.7 Å². The van der Waals surface area contributed by atoms with Crippen LogP contribution >= 0.6 is 0 Å². The summed E-state index contributed by atoms with van der Waals surface area (Å²) in [6, 6.07) is 16.0. The second-order valence-electron chi connectivity index (χ2n) is 10.0. The molecule has 0 aliphatic carbocycles.